The molecule has 3 rings (SSSR count). The van der Waals surface area contributed by atoms with E-state index in [0.717, 1.165) is 6.42 Å². The highest BCUT2D eigenvalue weighted by Crippen LogP contribution is 2.31. The third-order valence-corrected chi connectivity index (χ3v) is 5.23. The molecule has 1 atom stereocenters. The normalized spacial score (nSPS) is 16.2. The monoisotopic (exact) mass is 432 g/mol. The minimum Gasteiger partial charge on any atom is -0.464 e. The van der Waals surface area contributed by atoms with Crippen molar-refractivity contribution in [2.24, 2.45) is 0 Å². The quantitative estimate of drug-likeness (QED) is 0.332. The maximum Gasteiger partial charge on any atom is 0.338 e. The van der Waals surface area contributed by atoms with Gasteiger partial charge in [0.05, 0.1) is 12.2 Å². The lowest BCUT2D eigenvalue weighted by Gasteiger charge is -2.27. The Labute approximate surface area is 177 Å². The number of nitrogens with zero attached hydrogens (tertiary/aromatic N) is 1. The van der Waals surface area contributed by atoms with Crippen LogP contribution in [0, 0.1) is 6.92 Å². The van der Waals surface area contributed by atoms with Crippen molar-refractivity contribution < 1.29 is 18.7 Å². The van der Waals surface area contributed by atoms with E-state index in [0.29, 0.717) is 34.5 Å². The molecule has 30 heavy (non-hydrogen) atoms. The molecule has 2 amide bonds. The first-order chi connectivity index (χ1) is 14.4. The number of hydrogen-bond donors (Lipinski definition) is 3. The third kappa shape index (κ3) is 5.12. The SMILES string of the molecule is CCCc1cc(=O)[nH]c(SCC2=C(C(=O)OCC)[C@H](c3ccc(C)o3)NC(=O)N2)n1. The molecule has 0 spiro atoms. The van der Waals surface area contributed by atoms with Crippen molar-refractivity contribution in [3.8, 4) is 0 Å². The molecular weight excluding hydrogens is 408 g/mol. The molecule has 0 fully saturated rings. The number of ether oxygens (including phenoxy) is 1. The first-order valence-electron chi connectivity index (χ1n) is 9.68. The van der Waals surface area contributed by atoms with Crippen LogP contribution in [0.1, 0.15) is 43.5 Å². The number of carbonyl (C=O) groups is 2. The Balaban J connectivity index is 1.94. The van der Waals surface area contributed by atoms with E-state index in [1.807, 2.05) is 6.92 Å². The van der Waals surface area contributed by atoms with Gasteiger partial charge in [-0.3, -0.25) is 4.79 Å². The summed E-state index contributed by atoms with van der Waals surface area (Å²) in [6.07, 6.45) is 1.56. The van der Waals surface area contributed by atoms with E-state index in [4.69, 9.17) is 9.15 Å². The highest BCUT2D eigenvalue weighted by molar-refractivity contribution is 7.99. The smallest absolute Gasteiger partial charge is 0.338 e. The van der Waals surface area contributed by atoms with Crippen molar-refractivity contribution >= 4 is 23.8 Å². The lowest BCUT2D eigenvalue weighted by atomic mass is 10.0. The molecule has 0 bridgehead atoms. The number of furan rings is 1. The summed E-state index contributed by atoms with van der Waals surface area (Å²) in [7, 11) is 0. The molecule has 10 heteroatoms. The number of esters is 1. The summed E-state index contributed by atoms with van der Waals surface area (Å²) in [5.74, 6) is 0.743. The number of nitrogens with one attached hydrogen (secondary N) is 3. The van der Waals surface area contributed by atoms with Gasteiger partial charge >= 0.3 is 12.0 Å². The van der Waals surface area contributed by atoms with Gasteiger partial charge in [-0.15, -0.1) is 0 Å². The molecule has 160 valence electrons. The Kier molecular flexibility index (Phi) is 6.99. The van der Waals surface area contributed by atoms with Gasteiger partial charge in [-0.05, 0) is 32.4 Å². The average molecular weight is 433 g/mol. The Morgan fingerprint density at radius 2 is 2.10 bits per heavy atom. The van der Waals surface area contributed by atoms with Gasteiger partial charge in [0.25, 0.3) is 5.56 Å². The van der Waals surface area contributed by atoms with Gasteiger partial charge in [0.15, 0.2) is 5.16 Å². The number of carbonyl (C=O) groups excluding carboxylic acids is 2. The number of aryl methyl sites for hydroxylation is 2. The molecule has 0 saturated carbocycles. The fourth-order valence-corrected chi connectivity index (χ4v) is 3.94. The van der Waals surface area contributed by atoms with Crippen LogP contribution in [0.4, 0.5) is 4.79 Å². The van der Waals surface area contributed by atoms with Crippen LogP contribution in [-0.2, 0) is 16.0 Å². The zero-order valence-electron chi connectivity index (χ0n) is 17.0. The van der Waals surface area contributed by atoms with Crippen molar-refractivity contribution in [2.75, 3.05) is 12.4 Å². The van der Waals surface area contributed by atoms with Crippen LogP contribution in [0.25, 0.3) is 0 Å². The Hall–Kier alpha value is -3.01. The molecule has 0 aliphatic carbocycles. The zero-order chi connectivity index (χ0) is 21.7. The maximum atomic E-state index is 12.7. The molecular formula is C20H24N4O5S. The molecule has 3 N–H and O–H groups in total. The minimum atomic E-state index is -0.777. The number of aromatic amines is 1. The summed E-state index contributed by atoms with van der Waals surface area (Å²) in [4.78, 5) is 44.0. The van der Waals surface area contributed by atoms with E-state index in [9.17, 15) is 14.4 Å². The first-order valence-corrected chi connectivity index (χ1v) is 10.7. The van der Waals surface area contributed by atoms with Gasteiger partial charge in [-0.2, -0.15) is 0 Å². The molecule has 2 aromatic heterocycles. The predicted octanol–water partition coefficient (Wildman–Crippen LogP) is 2.59. The van der Waals surface area contributed by atoms with Gasteiger partial charge in [0.2, 0.25) is 0 Å². The highest BCUT2D eigenvalue weighted by atomic mass is 32.2. The molecule has 0 unspecified atom stereocenters. The lowest BCUT2D eigenvalue weighted by molar-refractivity contribution is -0.139. The fourth-order valence-electron chi connectivity index (χ4n) is 3.08. The van der Waals surface area contributed by atoms with Crippen LogP contribution < -0.4 is 16.2 Å². The summed E-state index contributed by atoms with van der Waals surface area (Å²) in [5, 5.41) is 5.81. The van der Waals surface area contributed by atoms with Crippen LogP contribution in [0.3, 0.4) is 0 Å². The van der Waals surface area contributed by atoms with Crippen molar-refractivity contribution in [3.05, 3.63) is 57.0 Å². The fraction of sp³-hybridized carbons (Fsp3) is 0.400. The molecule has 9 nitrogen and oxygen atoms in total. The molecule has 0 saturated heterocycles. The number of H-pyrrole nitrogens is 1. The van der Waals surface area contributed by atoms with E-state index in [-0.39, 0.29) is 23.5 Å². The number of amides is 2. The Morgan fingerprint density at radius 3 is 2.77 bits per heavy atom. The second-order valence-corrected chi connectivity index (χ2v) is 7.64. The number of thioether (sulfide) groups is 1. The first kappa shape index (κ1) is 21.7. The van der Waals surface area contributed by atoms with Crippen molar-refractivity contribution in [1.82, 2.24) is 20.6 Å². The van der Waals surface area contributed by atoms with Crippen molar-refractivity contribution in [3.63, 3.8) is 0 Å². The molecule has 3 heterocycles. The molecule has 0 aromatic carbocycles. The minimum absolute atomic E-state index is 0.189. The molecule has 1 aliphatic heterocycles. The average Bonchev–Trinajstić information content (AvgIpc) is 3.12. The second kappa shape index (κ2) is 9.66. The van der Waals surface area contributed by atoms with E-state index in [2.05, 4.69) is 20.6 Å². The van der Waals surface area contributed by atoms with Gasteiger partial charge in [0.1, 0.15) is 17.6 Å². The van der Waals surface area contributed by atoms with Gasteiger partial charge in [-0.1, -0.05) is 25.1 Å². The topological polar surface area (TPSA) is 126 Å². The molecule has 0 radical (unpaired) electrons. The second-order valence-electron chi connectivity index (χ2n) is 6.67. The van der Waals surface area contributed by atoms with E-state index >= 15 is 0 Å². The standard InChI is InChI=1S/C20H24N4O5S/c1-4-6-12-9-15(25)23-20(21-12)30-10-13-16(18(26)28-5-2)17(24-19(27)22-13)14-8-7-11(3)29-14/h7-9,17H,4-6,10H2,1-3H3,(H,21,23,25)(H2,22,24,27)/t17-/m0/s1. The van der Waals surface area contributed by atoms with Gasteiger partial charge < -0.3 is 24.8 Å². The Bertz CT molecular complexity index is 1030. The van der Waals surface area contributed by atoms with Crippen LogP contribution in [0.2, 0.25) is 0 Å². The number of urea groups is 1. The number of hydrogen-bond acceptors (Lipinski definition) is 7. The predicted molar refractivity (Wildman–Crippen MR) is 111 cm³/mol. The summed E-state index contributed by atoms with van der Waals surface area (Å²) < 4.78 is 10.9. The number of rotatable bonds is 8. The van der Waals surface area contributed by atoms with Crippen molar-refractivity contribution in [1.29, 1.82) is 0 Å². The summed E-state index contributed by atoms with van der Waals surface area (Å²) in [5.41, 5.74) is 1.09. The van der Waals surface area contributed by atoms with E-state index < -0.39 is 18.0 Å². The van der Waals surface area contributed by atoms with Crippen LogP contribution >= 0.6 is 11.8 Å². The summed E-state index contributed by atoms with van der Waals surface area (Å²) in [6.45, 7) is 5.69. The summed E-state index contributed by atoms with van der Waals surface area (Å²) >= 11 is 1.22. The van der Waals surface area contributed by atoms with Gasteiger partial charge in [-0.25, -0.2) is 14.6 Å². The maximum absolute atomic E-state index is 12.7. The largest absolute Gasteiger partial charge is 0.464 e. The zero-order valence-corrected chi connectivity index (χ0v) is 17.9. The van der Waals surface area contributed by atoms with E-state index in [1.165, 1.54) is 17.8 Å². The molecule has 2 aromatic rings. The van der Waals surface area contributed by atoms with Crippen molar-refractivity contribution in [2.45, 2.75) is 44.8 Å². The van der Waals surface area contributed by atoms with Crippen LogP contribution in [0.15, 0.2) is 43.8 Å². The van der Waals surface area contributed by atoms with Crippen LogP contribution in [0.5, 0.6) is 0 Å². The van der Waals surface area contributed by atoms with E-state index in [1.54, 1.807) is 26.0 Å². The highest BCUT2D eigenvalue weighted by Gasteiger charge is 2.35. The van der Waals surface area contributed by atoms with Gasteiger partial charge in [0, 0.05) is 23.2 Å². The number of aromatic nitrogens is 2. The lowest BCUT2D eigenvalue weighted by Crippen LogP contribution is -2.46. The van der Waals surface area contributed by atoms with Crippen LogP contribution in [-0.4, -0.2) is 34.3 Å². The molecule has 1 aliphatic rings. The third-order valence-electron chi connectivity index (χ3n) is 4.33. The Morgan fingerprint density at radius 1 is 1.30 bits per heavy atom. The summed E-state index contributed by atoms with van der Waals surface area (Å²) in [6, 6.07) is 3.70.